The Labute approximate surface area is 168 Å². The van der Waals surface area contributed by atoms with Gasteiger partial charge in [0.05, 0.1) is 11.3 Å². The van der Waals surface area contributed by atoms with E-state index in [1.54, 1.807) is 12.1 Å². The van der Waals surface area contributed by atoms with Crippen molar-refractivity contribution in [1.29, 1.82) is 0 Å². The van der Waals surface area contributed by atoms with Gasteiger partial charge in [-0.1, -0.05) is 11.6 Å². The molecule has 4 rings (SSSR count). The van der Waals surface area contributed by atoms with Gasteiger partial charge in [0.1, 0.15) is 17.4 Å². The average molecular weight is 399 g/mol. The summed E-state index contributed by atoms with van der Waals surface area (Å²) in [5.41, 5.74) is 2.43. The van der Waals surface area contributed by atoms with E-state index in [4.69, 9.17) is 21.0 Å². The van der Waals surface area contributed by atoms with Crippen LogP contribution in [0.2, 0.25) is 5.02 Å². The first-order valence-corrected chi connectivity index (χ1v) is 9.86. The van der Waals surface area contributed by atoms with Crippen molar-refractivity contribution in [1.82, 2.24) is 9.97 Å². The molecule has 2 aromatic heterocycles. The van der Waals surface area contributed by atoms with Gasteiger partial charge in [-0.3, -0.25) is 4.79 Å². The number of hydrogen-bond donors (Lipinski definition) is 1. The highest BCUT2D eigenvalue weighted by Gasteiger charge is 2.29. The third-order valence-corrected chi connectivity index (χ3v) is 5.58. The Balaban J connectivity index is 1.58. The standard InChI is InChI=1S/C21H23ClN4O2/c1-12-13(2)28-21-18(12)19(23-14(3)24-21)26-10-4-5-15(11-26)20(27)25-17-8-6-16(22)7-9-17/h6-9,15H,4-5,10-11H2,1-3H3,(H,25,27)/t15-/m1/s1. The van der Waals surface area contributed by atoms with Crippen molar-refractivity contribution in [3.63, 3.8) is 0 Å². The number of benzene rings is 1. The van der Waals surface area contributed by atoms with Gasteiger partial charge in [-0.15, -0.1) is 0 Å². The molecule has 146 valence electrons. The largest absolute Gasteiger partial charge is 0.443 e. The number of carbonyl (C=O) groups is 1. The van der Waals surface area contributed by atoms with Gasteiger partial charge < -0.3 is 14.6 Å². The van der Waals surface area contributed by atoms with Gasteiger partial charge >= 0.3 is 0 Å². The zero-order chi connectivity index (χ0) is 19.8. The summed E-state index contributed by atoms with van der Waals surface area (Å²) in [6.45, 7) is 7.31. The molecule has 0 radical (unpaired) electrons. The van der Waals surface area contributed by atoms with Crippen LogP contribution in [-0.4, -0.2) is 29.0 Å². The summed E-state index contributed by atoms with van der Waals surface area (Å²) in [5, 5.41) is 4.59. The molecule has 0 spiro atoms. The molecule has 7 heteroatoms. The Morgan fingerprint density at radius 1 is 1.21 bits per heavy atom. The summed E-state index contributed by atoms with van der Waals surface area (Å²) in [4.78, 5) is 24.1. The molecule has 0 bridgehead atoms. The van der Waals surface area contributed by atoms with Gasteiger partial charge in [-0.05, 0) is 57.9 Å². The smallest absolute Gasteiger partial charge is 0.231 e. The molecular weight excluding hydrogens is 376 g/mol. The summed E-state index contributed by atoms with van der Waals surface area (Å²) in [7, 11) is 0. The minimum atomic E-state index is -0.108. The summed E-state index contributed by atoms with van der Waals surface area (Å²) < 4.78 is 5.81. The van der Waals surface area contributed by atoms with Gasteiger partial charge in [0.2, 0.25) is 11.6 Å². The molecule has 1 fully saturated rings. The molecule has 1 aliphatic rings. The second-order valence-electron chi connectivity index (χ2n) is 7.34. The van der Waals surface area contributed by atoms with E-state index in [2.05, 4.69) is 15.2 Å². The Morgan fingerprint density at radius 3 is 2.71 bits per heavy atom. The molecular formula is C21H23ClN4O2. The van der Waals surface area contributed by atoms with Crippen LogP contribution >= 0.6 is 11.6 Å². The first-order valence-electron chi connectivity index (χ1n) is 9.48. The molecule has 1 N–H and O–H groups in total. The van der Waals surface area contributed by atoms with Gasteiger partial charge in [0.25, 0.3) is 0 Å². The second kappa shape index (κ2) is 7.43. The van der Waals surface area contributed by atoms with Crippen LogP contribution in [-0.2, 0) is 4.79 Å². The number of nitrogens with zero attached hydrogens (tertiary/aromatic N) is 3. The first-order chi connectivity index (χ1) is 13.4. The topological polar surface area (TPSA) is 71.3 Å². The predicted molar refractivity (Wildman–Crippen MR) is 111 cm³/mol. The lowest BCUT2D eigenvalue weighted by Gasteiger charge is -2.33. The summed E-state index contributed by atoms with van der Waals surface area (Å²) in [5.74, 6) is 2.30. The lowest BCUT2D eigenvalue weighted by Crippen LogP contribution is -2.41. The van der Waals surface area contributed by atoms with Crippen molar-refractivity contribution in [3.05, 3.63) is 46.4 Å². The van der Waals surface area contributed by atoms with E-state index < -0.39 is 0 Å². The summed E-state index contributed by atoms with van der Waals surface area (Å²) in [6.07, 6.45) is 1.78. The van der Waals surface area contributed by atoms with Crippen molar-refractivity contribution >= 4 is 40.1 Å². The quantitative estimate of drug-likeness (QED) is 0.694. The van der Waals surface area contributed by atoms with Gasteiger partial charge in [0, 0.05) is 29.4 Å². The van der Waals surface area contributed by atoms with E-state index in [1.807, 2.05) is 32.9 Å². The fourth-order valence-corrected chi connectivity index (χ4v) is 3.85. The van der Waals surface area contributed by atoms with Crippen molar-refractivity contribution in [2.45, 2.75) is 33.6 Å². The monoisotopic (exact) mass is 398 g/mol. The molecule has 3 aromatic rings. The lowest BCUT2D eigenvalue weighted by molar-refractivity contribution is -0.120. The maximum atomic E-state index is 12.8. The van der Waals surface area contributed by atoms with Crippen molar-refractivity contribution in [2.24, 2.45) is 5.92 Å². The molecule has 1 amide bonds. The number of amides is 1. The average Bonchev–Trinajstić information content (AvgIpc) is 2.96. The van der Waals surface area contributed by atoms with Crippen LogP contribution in [0.5, 0.6) is 0 Å². The Kier molecular flexibility index (Phi) is 4.98. The Morgan fingerprint density at radius 2 is 1.96 bits per heavy atom. The Bertz CT molecular complexity index is 1030. The number of nitrogens with one attached hydrogen (secondary N) is 1. The molecule has 1 saturated heterocycles. The molecule has 3 heterocycles. The zero-order valence-corrected chi connectivity index (χ0v) is 17.0. The third kappa shape index (κ3) is 3.56. The maximum absolute atomic E-state index is 12.8. The van der Waals surface area contributed by atoms with Gasteiger partial charge in [0.15, 0.2) is 0 Å². The van der Waals surface area contributed by atoms with E-state index in [-0.39, 0.29) is 11.8 Å². The molecule has 0 unspecified atom stereocenters. The minimum Gasteiger partial charge on any atom is -0.443 e. The number of fused-ring (bicyclic) bond motifs is 1. The molecule has 0 aliphatic carbocycles. The molecule has 0 saturated carbocycles. The number of anilines is 2. The van der Waals surface area contributed by atoms with Crippen LogP contribution in [0.1, 0.15) is 30.0 Å². The SMILES string of the molecule is Cc1nc(N2CCC[C@@H](C(=O)Nc3ccc(Cl)cc3)C2)c2c(C)c(C)oc2n1. The van der Waals surface area contributed by atoms with Crippen LogP contribution in [0.25, 0.3) is 11.1 Å². The fourth-order valence-electron chi connectivity index (χ4n) is 3.72. The number of carbonyl (C=O) groups excluding carboxylic acids is 1. The number of aromatic nitrogens is 2. The van der Waals surface area contributed by atoms with Crippen molar-refractivity contribution in [3.8, 4) is 0 Å². The summed E-state index contributed by atoms with van der Waals surface area (Å²) in [6, 6.07) is 7.18. The highest BCUT2D eigenvalue weighted by Crippen LogP contribution is 2.33. The Hall–Kier alpha value is -2.60. The molecule has 6 nitrogen and oxygen atoms in total. The third-order valence-electron chi connectivity index (χ3n) is 5.32. The van der Waals surface area contributed by atoms with Gasteiger partial charge in [-0.25, -0.2) is 4.98 Å². The van der Waals surface area contributed by atoms with E-state index in [9.17, 15) is 4.79 Å². The van der Waals surface area contributed by atoms with E-state index in [0.717, 1.165) is 47.6 Å². The van der Waals surface area contributed by atoms with Crippen molar-refractivity contribution in [2.75, 3.05) is 23.3 Å². The fraction of sp³-hybridized carbons (Fsp3) is 0.381. The maximum Gasteiger partial charge on any atom is 0.231 e. The van der Waals surface area contributed by atoms with E-state index in [1.165, 1.54) is 0 Å². The zero-order valence-electron chi connectivity index (χ0n) is 16.3. The van der Waals surface area contributed by atoms with E-state index >= 15 is 0 Å². The van der Waals surface area contributed by atoms with Crippen LogP contribution in [0.3, 0.4) is 0 Å². The number of furan rings is 1. The molecule has 28 heavy (non-hydrogen) atoms. The van der Waals surface area contributed by atoms with Crippen LogP contribution < -0.4 is 10.2 Å². The number of halogens is 1. The normalized spacial score (nSPS) is 17.1. The predicted octanol–water partition coefficient (Wildman–Crippen LogP) is 4.66. The van der Waals surface area contributed by atoms with Crippen molar-refractivity contribution < 1.29 is 9.21 Å². The first kappa shape index (κ1) is 18.7. The number of hydrogen-bond acceptors (Lipinski definition) is 5. The van der Waals surface area contributed by atoms with Crippen LogP contribution in [0.4, 0.5) is 11.5 Å². The van der Waals surface area contributed by atoms with Gasteiger partial charge in [-0.2, -0.15) is 4.98 Å². The lowest BCUT2D eigenvalue weighted by atomic mass is 9.96. The number of rotatable bonds is 3. The second-order valence-corrected chi connectivity index (χ2v) is 7.78. The highest BCUT2D eigenvalue weighted by atomic mass is 35.5. The summed E-state index contributed by atoms with van der Waals surface area (Å²) >= 11 is 5.92. The van der Waals surface area contributed by atoms with Crippen LogP contribution in [0.15, 0.2) is 28.7 Å². The highest BCUT2D eigenvalue weighted by molar-refractivity contribution is 6.30. The molecule has 1 aromatic carbocycles. The van der Waals surface area contributed by atoms with Crippen LogP contribution in [0, 0.1) is 26.7 Å². The number of aryl methyl sites for hydroxylation is 3. The number of piperidine rings is 1. The minimum absolute atomic E-state index is 0.0224. The molecule has 1 aliphatic heterocycles. The molecule has 1 atom stereocenters. The van der Waals surface area contributed by atoms with E-state index in [0.29, 0.717) is 23.1 Å².